The highest BCUT2D eigenvalue weighted by molar-refractivity contribution is 7.86. The van der Waals surface area contributed by atoms with Crippen LogP contribution in [0.4, 0.5) is 0 Å². The second-order valence-corrected chi connectivity index (χ2v) is 10.7. The summed E-state index contributed by atoms with van der Waals surface area (Å²) in [5.74, 6) is 0. The molecule has 0 saturated carbocycles. The van der Waals surface area contributed by atoms with Crippen molar-refractivity contribution in [2.75, 3.05) is 6.61 Å². The van der Waals surface area contributed by atoms with Gasteiger partial charge < -0.3 is 19.7 Å². The van der Waals surface area contributed by atoms with E-state index in [0.29, 0.717) is 0 Å². The largest absolute Gasteiger partial charge is 0.388 e. The number of rotatable bonds is 12. The maximum atomic E-state index is 12.7. The van der Waals surface area contributed by atoms with Crippen LogP contribution in [-0.4, -0.2) is 49.8 Å². The van der Waals surface area contributed by atoms with E-state index in [1.54, 1.807) is 19.1 Å². The SMILES string of the molecule is Cc1ccc(S(=O)(=O)O[C@@H](C=O)[C@@H](O)[C@H](O)COC(c2ccccc2)(c2ccccc2)c2ccccc2)cc1. The van der Waals surface area contributed by atoms with Gasteiger partial charge in [0, 0.05) is 0 Å². The Hall–Kier alpha value is -3.66. The minimum absolute atomic E-state index is 0.151. The molecular formula is C31H30O7S. The number of benzene rings is 4. The molecule has 0 amide bonds. The summed E-state index contributed by atoms with van der Waals surface area (Å²) in [6, 6.07) is 34.1. The molecule has 8 heteroatoms. The van der Waals surface area contributed by atoms with Crippen molar-refractivity contribution in [3.05, 3.63) is 138 Å². The fourth-order valence-corrected chi connectivity index (χ4v) is 5.40. The molecule has 7 nitrogen and oxygen atoms in total. The van der Waals surface area contributed by atoms with Crippen LogP contribution in [0.15, 0.2) is 120 Å². The third-order valence-electron chi connectivity index (χ3n) is 6.42. The first-order valence-electron chi connectivity index (χ1n) is 12.4. The van der Waals surface area contributed by atoms with E-state index < -0.39 is 40.6 Å². The highest BCUT2D eigenvalue weighted by Crippen LogP contribution is 2.40. The zero-order valence-corrected chi connectivity index (χ0v) is 22.1. The van der Waals surface area contributed by atoms with Crippen molar-refractivity contribution in [2.24, 2.45) is 0 Å². The normalized spacial score (nSPS) is 14.3. The number of aliphatic hydroxyl groups is 2. The third-order valence-corrected chi connectivity index (χ3v) is 7.75. The van der Waals surface area contributed by atoms with Gasteiger partial charge in [0.05, 0.1) is 11.5 Å². The number of ether oxygens (including phenoxy) is 1. The van der Waals surface area contributed by atoms with Crippen molar-refractivity contribution in [1.29, 1.82) is 0 Å². The van der Waals surface area contributed by atoms with E-state index in [0.717, 1.165) is 22.3 Å². The van der Waals surface area contributed by atoms with Gasteiger partial charge >= 0.3 is 0 Å². The summed E-state index contributed by atoms with van der Waals surface area (Å²) in [5, 5.41) is 21.7. The standard InChI is InChI=1S/C31H30O7S/c1-23-17-19-27(20-18-23)39(35,36)38-29(21-32)30(34)28(33)22-37-31(24-11-5-2-6-12-24,25-13-7-3-8-14-25)26-15-9-4-10-16-26/h2-21,28-30,33-34H,22H2,1H3/t28-,29+,30+/m1/s1. The lowest BCUT2D eigenvalue weighted by Gasteiger charge is -2.37. The minimum atomic E-state index is -4.38. The lowest BCUT2D eigenvalue weighted by Crippen LogP contribution is -2.45. The van der Waals surface area contributed by atoms with Gasteiger partial charge in [-0.1, -0.05) is 109 Å². The number of carbonyl (C=O) groups excluding carboxylic acids is 1. The molecule has 0 aliphatic carbocycles. The summed E-state index contributed by atoms with van der Waals surface area (Å²) in [6.45, 7) is 1.35. The molecule has 4 rings (SSSR count). The molecule has 0 radical (unpaired) electrons. The van der Waals surface area contributed by atoms with E-state index in [1.807, 2.05) is 91.0 Å². The zero-order valence-electron chi connectivity index (χ0n) is 21.3. The smallest absolute Gasteiger partial charge is 0.297 e. The van der Waals surface area contributed by atoms with Crippen LogP contribution in [0.2, 0.25) is 0 Å². The molecule has 202 valence electrons. The Kier molecular flexibility index (Phi) is 9.06. The van der Waals surface area contributed by atoms with E-state index in [1.165, 1.54) is 12.1 Å². The highest BCUT2D eigenvalue weighted by atomic mass is 32.2. The number of aliphatic hydroxyl groups excluding tert-OH is 2. The molecule has 39 heavy (non-hydrogen) atoms. The monoisotopic (exact) mass is 546 g/mol. The maximum absolute atomic E-state index is 12.7. The average molecular weight is 547 g/mol. The number of carbonyl (C=O) groups is 1. The van der Waals surface area contributed by atoms with E-state index in [-0.39, 0.29) is 11.2 Å². The number of aryl methyl sites for hydroxylation is 1. The molecule has 0 aliphatic heterocycles. The quantitative estimate of drug-likeness (QED) is 0.157. The fourth-order valence-electron chi connectivity index (χ4n) is 4.36. The van der Waals surface area contributed by atoms with Crippen molar-refractivity contribution >= 4 is 16.4 Å². The second kappa shape index (κ2) is 12.5. The molecule has 0 saturated heterocycles. The zero-order chi connectivity index (χ0) is 27.9. The van der Waals surface area contributed by atoms with Crippen LogP contribution in [0.3, 0.4) is 0 Å². The number of hydrogen-bond acceptors (Lipinski definition) is 7. The molecule has 4 aromatic rings. The molecule has 4 aromatic carbocycles. The van der Waals surface area contributed by atoms with E-state index >= 15 is 0 Å². The molecule has 0 spiro atoms. The molecule has 3 atom stereocenters. The fraction of sp³-hybridized carbons (Fsp3) is 0.194. The predicted molar refractivity (Wildman–Crippen MR) is 146 cm³/mol. The van der Waals surface area contributed by atoms with Gasteiger partial charge in [-0.3, -0.25) is 4.18 Å². The van der Waals surface area contributed by atoms with Crippen LogP contribution in [0.5, 0.6) is 0 Å². The average Bonchev–Trinajstić information content (AvgIpc) is 2.97. The van der Waals surface area contributed by atoms with Crippen LogP contribution in [0.1, 0.15) is 22.3 Å². The van der Waals surface area contributed by atoms with Crippen LogP contribution in [0, 0.1) is 6.92 Å². The van der Waals surface area contributed by atoms with Crippen molar-refractivity contribution in [3.63, 3.8) is 0 Å². The summed E-state index contributed by atoms with van der Waals surface area (Å²) in [7, 11) is -4.38. The maximum Gasteiger partial charge on any atom is 0.297 e. The molecule has 0 aliphatic rings. The predicted octanol–water partition coefficient (Wildman–Crippen LogP) is 4.00. The summed E-state index contributed by atoms with van der Waals surface area (Å²) in [4.78, 5) is 11.6. The van der Waals surface area contributed by atoms with Gasteiger partial charge in [-0.2, -0.15) is 8.42 Å². The molecule has 2 N–H and O–H groups in total. The molecule has 0 bridgehead atoms. The van der Waals surface area contributed by atoms with Crippen molar-refractivity contribution in [3.8, 4) is 0 Å². The second-order valence-electron chi connectivity index (χ2n) is 9.11. The van der Waals surface area contributed by atoms with Gasteiger partial charge in [0.2, 0.25) is 0 Å². The van der Waals surface area contributed by atoms with Gasteiger partial charge in [0.1, 0.15) is 17.8 Å². The van der Waals surface area contributed by atoms with Gasteiger partial charge in [0.25, 0.3) is 10.1 Å². The van der Waals surface area contributed by atoms with Crippen LogP contribution in [-0.2, 0) is 29.4 Å². The number of hydrogen-bond donors (Lipinski definition) is 2. The Bertz CT molecular complexity index is 1340. The van der Waals surface area contributed by atoms with Crippen molar-refractivity contribution < 1.29 is 32.3 Å². The third kappa shape index (κ3) is 6.33. The first-order chi connectivity index (χ1) is 18.8. The van der Waals surface area contributed by atoms with Crippen LogP contribution >= 0.6 is 0 Å². The Morgan fingerprint density at radius 1 is 0.744 bits per heavy atom. The molecular weight excluding hydrogens is 516 g/mol. The Morgan fingerprint density at radius 2 is 1.18 bits per heavy atom. The molecule has 0 fully saturated rings. The lowest BCUT2D eigenvalue weighted by molar-refractivity contribution is -0.130. The van der Waals surface area contributed by atoms with E-state index in [4.69, 9.17) is 8.92 Å². The topological polar surface area (TPSA) is 110 Å². The summed E-state index contributed by atoms with van der Waals surface area (Å²) in [6.07, 6.45) is -5.25. The van der Waals surface area contributed by atoms with Crippen molar-refractivity contribution in [2.45, 2.75) is 35.7 Å². The summed E-state index contributed by atoms with van der Waals surface area (Å²) in [5.41, 5.74) is 1.97. The van der Waals surface area contributed by atoms with Gasteiger partial charge in [-0.25, -0.2) is 0 Å². The van der Waals surface area contributed by atoms with E-state index in [2.05, 4.69) is 0 Å². The van der Waals surface area contributed by atoms with Gasteiger partial charge in [0.15, 0.2) is 12.4 Å². The Balaban J connectivity index is 1.63. The van der Waals surface area contributed by atoms with Crippen LogP contribution < -0.4 is 0 Å². The number of aldehydes is 1. The summed E-state index contributed by atoms with van der Waals surface area (Å²) < 4.78 is 36.9. The van der Waals surface area contributed by atoms with Crippen LogP contribution in [0.25, 0.3) is 0 Å². The summed E-state index contributed by atoms with van der Waals surface area (Å²) >= 11 is 0. The molecule has 0 unspecified atom stereocenters. The first-order valence-corrected chi connectivity index (χ1v) is 13.8. The van der Waals surface area contributed by atoms with Gasteiger partial charge in [-0.05, 0) is 35.7 Å². The molecule has 0 aromatic heterocycles. The minimum Gasteiger partial charge on any atom is -0.388 e. The molecule has 0 heterocycles. The highest BCUT2D eigenvalue weighted by Gasteiger charge is 2.40. The Labute approximate surface area is 228 Å². The van der Waals surface area contributed by atoms with E-state index in [9.17, 15) is 23.4 Å². The van der Waals surface area contributed by atoms with Gasteiger partial charge in [-0.15, -0.1) is 0 Å². The lowest BCUT2D eigenvalue weighted by atomic mass is 9.80. The Morgan fingerprint density at radius 3 is 1.59 bits per heavy atom. The first kappa shape index (κ1) is 28.4. The van der Waals surface area contributed by atoms with Crippen molar-refractivity contribution in [1.82, 2.24) is 0 Å².